The molecule has 1 N–H and O–H groups in total. The van der Waals surface area contributed by atoms with Crippen molar-refractivity contribution in [1.29, 1.82) is 0 Å². The molecule has 1 saturated heterocycles. The van der Waals surface area contributed by atoms with Crippen LogP contribution in [0.2, 0.25) is 0 Å². The smallest absolute Gasteiger partial charge is 0.0565 e. The largest absolute Gasteiger partial charge is 0.375 e. The van der Waals surface area contributed by atoms with E-state index in [9.17, 15) is 0 Å². The average Bonchev–Trinajstić information content (AvgIpc) is 2.69. The zero-order valence-electron chi connectivity index (χ0n) is 10.1. The molecular weight excluding hydrogens is 218 g/mol. The van der Waals surface area contributed by atoms with Gasteiger partial charge < -0.3 is 10.1 Å². The molecule has 0 radical (unpaired) electrons. The number of nitrogens with one attached hydrogen (secondary N) is 1. The molecule has 0 amide bonds. The molecule has 90 valence electrons. The van der Waals surface area contributed by atoms with Gasteiger partial charge in [0.15, 0.2) is 0 Å². The van der Waals surface area contributed by atoms with Gasteiger partial charge in [-0.25, -0.2) is 0 Å². The highest BCUT2D eigenvalue weighted by Gasteiger charge is 2.23. The van der Waals surface area contributed by atoms with Crippen LogP contribution in [0.3, 0.4) is 0 Å². The first kappa shape index (κ1) is 12.1. The van der Waals surface area contributed by atoms with E-state index in [0.717, 1.165) is 25.8 Å². The first-order chi connectivity index (χ1) is 7.74. The third-order valence-electron chi connectivity index (χ3n) is 3.12. The van der Waals surface area contributed by atoms with Crippen molar-refractivity contribution in [2.24, 2.45) is 0 Å². The molecule has 2 rings (SSSR count). The van der Waals surface area contributed by atoms with E-state index in [1.807, 2.05) is 0 Å². The lowest BCUT2D eigenvalue weighted by Crippen LogP contribution is -2.41. The highest BCUT2D eigenvalue weighted by atomic mass is 32.1. The molecule has 0 spiro atoms. The van der Waals surface area contributed by atoms with Crippen LogP contribution in [0.1, 0.15) is 32.3 Å². The monoisotopic (exact) mass is 239 g/mol. The second-order valence-corrected chi connectivity index (χ2v) is 5.54. The molecule has 16 heavy (non-hydrogen) atoms. The molecule has 2 unspecified atom stereocenters. The molecule has 3 heteroatoms. The molecule has 1 aliphatic rings. The molecule has 1 aromatic rings. The lowest BCUT2D eigenvalue weighted by atomic mass is 10.00. The van der Waals surface area contributed by atoms with Crippen LogP contribution in [0.5, 0.6) is 0 Å². The van der Waals surface area contributed by atoms with Crippen LogP contribution in [0, 0.1) is 0 Å². The fraction of sp³-hybridized carbons (Fsp3) is 0.692. The van der Waals surface area contributed by atoms with Gasteiger partial charge in [-0.1, -0.05) is 0 Å². The van der Waals surface area contributed by atoms with E-state index in [1.54, 1.807) is 11.3 Å². The van der Waals surface area contributed by atoms with Gasteiger partial charge in [0.2, 0.25) is 0 Å². The summed E-state index contributed by atoms with van der Waals surface area (Å²) in [5.74, 6) is 0. The number of thiophene rings is 1. The fourth-order valence-corrected chi connectivity index (χ4v) is 3.13. The molecule has 0 saturated carbocycles. The Balaban J connectivity index is 1.69. The van der Waals surface area contributed by atoms with Gasteiger partial charge in [-0.3, -0.25) is 0 Å². The predicted octanol–water partition coefficient (Wildman–Crippen LogP) is 2.84. The summed E-state index contributed by atoms with van der Waals surface area (Å²) in [7, 11) is 0. The number of hydrogen-bond donors (Lipinski definition) is 1. The Morgan fingerprint density at radius 2 is 2.12 bits per heavy atom. The van der Waals surface area contributed by atoms with Crippen LogP contribution in [-0.4, -0.2) is 24.8 Å². The van der Waals surface area contributed by atoms with E-state index in [-0.39, 0.29) is 0 Å². The van der Waals surface area contributed by atoms with Crippen molar-refractivity contribution in [3.8, 4) is 0 Å². The Hall–Kier alpha value is -0.380. The van der Waals surface area contributed by atoms with Crippen molar-refractivity contribution >= 4 is 11.3 Å². The van der Waals surface area contributed by atoms with E-state index in [4.69, 9.17) is 4.74 Å². The predicted molar refractivity (Wildman–Crippen MR) is 69.1 cm³/mol. The van der Waals surface area contributed by atoms with E-state index >= 15 is 0 Å². The van der Waals surface area contributed by atoms with Gasteiger partial charge in [0.1, 0.15) is 0 Å². The van der Waals surface area contributed by atoms with Crippen LogP contribution in [0.4, 0.5) is 0 Å². The van der Waals surface area contributed by atoms with Gasteiger partial charge in [0.25, 0.3) is 0 Å². The summed E-state index contributed by atoms with van der Waals surface area (Å²) in [6.07, 6.45) is 4.25. The molecule has 0 aliphatic carbocycles. The second kappa shape index (κ2) is 5.80. The van der Waals surface area contributed by atoms with E-state index in [2.05, 4.69) is 36.0 Å². The number of ether oxygens (including phenoxy) is 1. The Bertz CT molecular complexity index is 289. The van der Waals surface area contributed by atoms with Crippen molar-refractivity contribution in [3.05, 3.63) is 22.4 Å². The molecule has 1 fully saturated rings. The van der Waals surface area contributed by atoms with Gasteiger partial charge in [-0.15, -0.1) is 0 Å². The zero-order chi connectivity index (χ0) is 11.4. The maximum absolute atomic E-state index is 5.73. The number of hydrogen-bond acceptors (Lipinski definition) is 3. The maximum atomic E-state index is 5.73. The van der Waals surface area contributed by atoms with E-state index in [0.29, 0.717) is 18.2 Å². The minimum absolute atomic E-state index is 0.405. The van der Waals surface area contributed by atoms with Gasteiger partial charge in [0.05, 0.1) is 12.2 Å². The topological polar surface area (TPSA) is 21.3 Å². The second-order valence-electron chi connectivity index (χ2n) is 4.76. The van der Waals surface area contributed by atoms with Crippen molar-refractivity contribution in [2.45, 2.75) is 51.4 Å². The maximum Gasteiger partial charge on any atom is 0.0565 e. The SMILES string of the molecule is CC1CC(NCCc2ccsc2)CC(C)O1. The van der Waals surface area contributed by atoms with Crippen LogP contribution in [0.15, 0.2) is 16.8 Å². The van der Waals surface area contributed by atoms with Crippen LogP contribution < -0.4 is 5.32 Å². The Labute approximate surface area is 102 Å². The quantitative estimate of drug-likeness (QED) is 0.872. The highest BCUT2D eigenvalue weighted by Crippen LogP contribution is 2.18. The van der Waals surface area contributed by atoms with Crippen molar-refractivity contribution in [1.82, 2.24) is 5.32 Å². The first-order valence-electron chi connectivity index (χ1n) is 6.14. The van der Waals surface area contributed by atoms with Crippen LogP contribution in [-0.2, 0) is 11.2 Å². The molecule has 1 aromatic heterocycles. The van der Waals surface area contributed by atoms with Crippen molar-refractivity contribution in [3.63, 3.8) is 0 Å². The zero-order valence-corrected chi connectivity index (χ0v) is 10.9. The fourth-order valence-electron chi connectivity index (χ4n) is 2.43. The normalized spacial score (nSPS) is 30.5. The summed E-state index contributed by atoms with van der Waals surface area (Å²) in [4.78, 5) is 0. The molecule has 2 nitrogen and oxygen atoms in total. The standard InChI is InChI=1S/C13H21NOS/c1-10-7-13(8-11(2)15-10)14-5-3-12-4-6-16-9-12/h4,6,9-11,13-14H,3,5,7-8H2,1-2H3. The average molecular weight is 239 g/mol. The highest BCUT2D eigenvalue weighted by molar-refractivity contribution is 7.07. The Morgan fingerprint density at radius 1 is 1.38 bits per heavy atom. The van der Waals surface area contributed by atoms with Gasteiger partial charge in [-0.05, 0) is 62.0 Å². The van der Waals surface area contributed by atoms with Gasteiger partial charge >= 0.3 is 0 Å². The lowest BCUT2D eigenvalue weighted by molar-refractivity contribution is -0.0419. The third kappa shape index (κ3) is 3.58. The summed E-state index contributed by atoms with van der Waals surface area (Å²) in [6, 6.07) is 2.85. The molecule has 1 aliphatic heterocycles. The van der Waals surface area contributed by atoms with Gasteiger partial charge in [-0.2, -0.15) is 11.3 Å². The van der Waals surface area contributed by atoms with Crippen molar-refractivity contribution in [2.75, 3.05) is 6.54 Å². The summed E-state index contributed by atoms with van der Waals surface area (Å²) in [6.45, 7) is 5.42. The minimum Gasteiger partial charge on any atom is -0.375 e. The minimum atomic E-state index is 0.405. The Morgan fingerprint density at radius 3 is 2.75 bits per heavy atom. The van der Waals surface area contributed by atoms with Crippen molar-refractivity contribution < 1.29 is 4.74 Å². The van der Waals surface area contributed by atoms with E-state index in [1.165, 1.54) is 5.56 Å². The van der Waals surface area contributed by atoms with Gasteiger partial charge in [0, 0.05) is 6.04 Å². The molecular formula is C13H21NOS. The number of rotatable bonds is 4. The van der Waals surface area contributed by atoms with E-state index < -0.39 is 0 Å². The molecule has 2 atom stereocenters. The lowest BCUT2D eigenvalue weighted by Gasteiger charge is -2.32. The third-order valence-corrected chi connectivity index (χ3v) is 3.86. The Kier molecular flexibility index (Phi) is 4.38. The van der Waals surface area contributed by atoms with Crippen LogP contribution >= 0.6 is 11.3 Å². The first-order valence-corrected chi connectivity index (χ1v) is 7.08. The summed E-state index contributed by atoms with van der Waals surface area (Å²) < 4.78 is 5.73. The summed E-state index contributed by atoms with van der Waals surface area (Å²) >= 11 is 1.78. The molecule has 2 heterocycles. The van der Waals surface area contributed by atoms with Crippen LogP contribution in [0.25, 0.3) is 0 Å². The summed E-state index contributed by atoms with van der Waals surface area (Å²) in [5, 5.41) is 8.03. The summed E-state index contributed by atoms with van der Waals surface area (Å²) in [5.41, 5.74) is 1.45. The molecule has 0 aromatic carbocycles. The molecule has 0 bridgehead atoms.